The zero-order valence-corrected chi connectivity index (χ0v) is 10.4. The molecular weight excluding hydrogens is 254 g/mol. The van der Waals surface area contributed by atoms with Crippen LogP contribution in [0.15, 0.2) is 18.2 Å². The molecule has 1 unspecified atom stereocenters. The molecule has 4 nitrogen and oxygen atoms in total. The molecule has 1 rings (SSSR count). The van der Waals surface area contributed by atoms with Crippen molar-refractivity contribution in [1.29, 1.82) is 5.26 Å². The molecule has 0 saturated carbocycles. The standard InChI is InChI=1S/C13H14F2N2O2/c1-2-17(6-5-13(18)19)12(8-16)9-3-4-10(14)11(15)7-9/h3-4,7,12H,2,5-6H2,1H3,(H,18,19). The first-order valence-corrected chi connectivity index (χ1v) is 5.80. The number of rotatable bonds is 6. The normalized spacial score (nSPS) is 12.2. The number of carboxylic acids is 1. The van der Waals surface area contributed by atoms with Crippen LogP contribution in [0.3, 0.4) is 0 Å². The van der Waals surface area contributed by atoms with Crippen LogP contribution in [0.25, 0.3) is 0 Å². The molecule has 0 heterocycles. The zero-order chi connectivity index (χ0) is 14.4. The highest BCUT2D eigenvalue weighted by molar-refractivity contribution is 5.66. The number of carbonyl (C=O) groups is 1. The first-order valence-electron chi connectivity index (χ1n) is 5.80. The number of benzene rings is 1. The van der Waals surface area contributed by atoms with Crippen molar-refractivity contribution in [3.8, 4) is 6.07 Å². The van der Waals surface area contributed by atoms with E-state index in [0.717, 1.165) is 12.1 Å². The van der Waals surface area contributed by atoms with Crippen molar-refractivity contribution in [1.82, 2.24) is 4.90 Å². The lowest BCUT2D eigenvalue weighted by molar-refractivity contribution is -0.137. The van der Waals surface area contributed by atoms with E-state index in [2.05, 4.69) is 0 Å². The molecule has 0 fully saturated rings. The summed E-state index contributed by atoms with van der Waals surface area (Å²) in [6.45, 7) is 2.37. The second-order valence-corrected chi connectivity index (χ2v) is 3.98. The van der Waals surface area contributed by atoms with Crippen LogP contribution in [-0.4, -0.2) is 29.1 Å². The van der Waals surface area contributed by atoms with Crippen LogP contribution in [-0.2, 0) is 4.79 Å². The zero-order valence-electron chi connectivity index (χ0n) is 10.4. The summed E-state index contributed by atoms with van der Waals surface area (Å²) in [7, 11) is 0. The molecule has 0 saturated heterocycles. The van der Waals surface area contributed by atoms with Gasteiger partial charge in [0, 0.05) is 6.54 Å². The predicted octanol–water partition coefficient (Wildman–Crippen LogP) is 2.33. The molecule has 0 bridgehead atoms. The van der Waals surface area contributed by atoms with E-state index in [1.54, 1.807) is 11.8 Å². The van der Waals surface area contributed by atoms with Crippen LogP contribution in [0.2, 0.25) is 0 Å². The Morgan fingerprint density at radius 1 is 1.47 bits per heavy atom. The van der Waals surface area contributed by atoms with Gasteiger partial charge in [-0.1, -0.05) is 13.0 Å². The lowest BCUT2D eigenvalue weighted by Gasteiger charge is -2.25. The van der Waals surface area contributed by atoms with Gasteiger partial charge in [-0.2, -0.15) is 5.26 Å². The van der Waals surface area contributed by atoms with E-state index in [4.69, 9.17) is 10.4 Å². The Balaban J connectivity index is 2.94. The molecule has 0 aliphatic heterocycles. The van der Waals surface area contributed by atoms with E-state index in [9.17, 15) is 13.6 Å². The smallest absolute Gasteiger partial charge is 0.304 e. The summed E-state index contributed by atoms with van der Waals surface area (Å²) in [6, 6.07) is 4.44. The van der Waals surface area contributed by atoms with Gasteiger partial charge in [-0.15, -0.1) is 0 Å². The molecule has 0 spiro atoms. The van der Waals surface area contributed by atoms with Crippen LogP contribution >= 0.6 is 0 Å². The second kappa shape index (κ2) is 6.81. The van der Waals surface area contributed by atoms with E-state index in [-0.39, 0.29) is 13.0 Å². The molecule has 1 aromatic carbocycles. The maximum Gasteiger partial charge on any atom is 0.304 e. The lowest BCUT2D eigenvalue weighted by Crippen LogP contribution is -2.30. The van der Waals surface area contributed by atoms with Gasteiger partial charge in [0.15, 0.2) is 11.6 Å². The lowest BCUT2D eigenvalue weighted by atomic mass is 10.1. The predicted molar refractivity (Wildman–Crippen MR) is 64.2 cm³/mol. The summed E-state index contributed by atoms with van der Waals surface area (Å²) in [4.78, 5) is 12.1. The molecule has 0 aromatic heterocycles. The van der Waals surface area contributed by atoms with Crippen molar-refractivity contribution in [3.05, 3.63) is 35.4 Å². The molecular formula is C13H14F2N2O2. The number of carboxylic acid groups (broad SMARTS) is 1. The minimum absolute atomic E-state index is 0.115. The third-order valence-electron chi connectivity index (χ3n) is 2.77. The number of nitrogens with zero attached hydrogens (tertiary/aromatic N) is 2. The SMILES string of the molecule is CCN(CCC(=O)O)C(C#N)c1ccc(F)c(F)c1. The quantitative estimate of drug-likeness (QED) is 0.860. The summed E-state index contributed by atoms with van der Waals surface area (Å²) >= 11 is 0. The third kappa shape index (κ3) is 4.00. The van der Waals surface area contributed by atoms with E-state index in [1.807, 2.05) is 6.07 Å². The summed E-state index contributed by atoms with van der Waals surface area (Å²) in [5, 5.41) is 17.8. The Bertz CT molecular complexity index is 500. The maximum atomic E-state index is 13.2. The van der Waals surface area contributed by atoms with Gasteiger partial charge < -0.3 is 5.11 Å². The molecule has 1 atom stereocenters. The molecule has 0 radical (unpaired) electrons. The van der Waals surface area contributed by atoms with Crippen molar-refractivity contribution < 1.29 is 18.7 Å². The van der Waals surface area contributed by atoms with Crippen molar-refractivity contribution in [2.75, 3.05) is 13.1 Å². The highest BCUT2D eigenvalue weighted by Crippen LogP contribution is 2.22. The molecule has 1 aromatic rings. The van der Waals surface area contributed by atoms with Crippen molar-refractivity contribution in [3.63, 3.8) is 0 Å². The van der Waals surface area contributed by atoms with Gasteiger partial charge in [-0.05, 0) is 24.2 Å². The Morgan fingerprint density at radius 2 is 2.16 bits per heavy atom. The van der Waals surface area contributed by atoms with E-state index >= 15 is 0 Å². The number of nitriles is 1. The third-order valence-corrected chi connectivity index (χ3v) is 2.77. The first kappa shape index (κ1) is 15.1. The molecule has 0 amide bonds. The minimum Gasteiger partial charge on any atom is -0.481 e. The number of hydrogen-bond donors (Lipinski definition) is 1. The summed E-state index contributed by atoms with van der Waals surface area (Å²) in [5.41, 5.74) is 0.314. The van der Waals surface area contributed by atoms with E-state index < -0.39 is 23.6 Å². The molecule has 0 aliphatic carbocycles. The fourth-order valence-electron chi connectivity index (χ4n) is 1.76. The fourth-order valence-corrected chi connectivity index (χ4v) is 1.76. The van der Waals surface area contributed by atoms with Gasteiger partial charge in [0.1, 0.15) is 6.04 Å². The van der Waals surface area contributed by atoms with Crippen molar-refractivity contribution >= 4 is 5.97 Å². The van der Waals surface area contributed by atoms with Gasteiger partial charge in [-0.25, -0.2) is 8.78 Å². The molecule has 19 heavy (non-hydrogen) atoms. The molecule has 1 N–H and O–H groups in total. The van der Waals surface area contributed by atoms with Crippen LogP contribution in [0, 0.1) is 23.0 Å². The van der Waals surface area contributed by atoms with E-state index in [0.29, 0.717) is 12.1 Å². The maximum absolute atomic E-state index is 13.2. The number of hydrogen-bond acceptors (Lipinski definition) is 3. The van der Waals surface area contributed by atoms with Gasteiger partial charge >= 0.3 is 5.97 Å². The van der Waals surface area contributed by atoms with Crippen molar-refractivity contribution in [2.24, 2.45) is 0 Å². The molecule has 6 heteroatoms. The Labute approximate surface area is 109 Å². The first-order chi connectivity index (χ1) is 8.99. The number of halogens is 2. The van der Waals surface area contributed by atoms with Crippen LogP contribution in [0.1, 0.15) is 24.9 Å². The Hall–Kier alpha value is -2.00. The average molecular weight is 268 g/mol. The monoisotopic (exact) mass is 268 g/mol. The second-order valence-electron chi connectivity index (χ2n) is 3.98. The van der Waals surface area contributed by atoms with Crippen molar-refractivity contribution in [2.45, 2.75) is 19.4 Å². The summed E-state index contributed by atoms with van der Waals surface area (Å²) in [5.74, 6) is -2.97. The van der Waals surface area contributed by atoms with Crippen LogP contribution in [0.5, 0.6) is 0 Å². The largest absolute Gasteiger partial charge is 0.481 e. The highest BCUT2D eigenvalue weighted by Gasteiger charge is 2.20. The van der Waals surface area contributed by atoms with Gasteiger partial charge in [-0.3, -0.25) is 9.69 Å². The van der Waals surface area contributed by atoms with Crippen LogP contribution in [0.4, 0.5) is 8.78 Å². The Morgan fingerprint density at radius 3 is 2.63 bits per heavy atom. The molecule has 102 valence electrons. The topological polar surface area (TPSA) is 64.3 Å². The minimum atomic E-state index is -1.02. The van der Waals surface area contributed by atoms with Crippen LogP contribution < -0.4 is 0 Å². The van der Waals surface area contributed by atoms with Gasteiger partial charge in [0.05, 0.1) is 12.5 Å². The van der Waals surface area contributed by atoms with Gasteiger partial charge in [0.25, 0.3) is 0 Å². The summed E-state index contributed by atoms with van der Waals surface area (Å²) < 4.78 is 26.0. The summed E-state index contributed by atoms with van der Waals surface area (Å²) in [6.07, 6.45) is -0.115. The van der Waals surface area contributed by atoms with Gasteiger partial charge in [0.2, 0.25) is 0 Å². The molecule has 0 aliphatic rings. The fraction of sp³-hybridized carbons (Fsp3) is 0.385. The number of aliphatic carboxylic acids is 1. The Kier molecular flexibility index (Phi) is 5.39. The average Bonchev–Trinajstić information content (AvgIpc) is 2.37. The highest BCUT2D eigenvalue weighted by atomic mass is 19.2. The van der Waals surface area contributed by atoms with E-state index in [1.165, 1.54) is 6.07 Å².